The van der Waals surface area contributed by atoms with Gasteiger partial charge in [0.15, 0.2) is 0 Å². The van der Waals surface area contributed by atoms with Crippen molar-refractivity contribution in [2.75, 3.05) is 51.3 Å². The topological polar surface area (TPSA) is 96.0 Å². The normalized spacial score (nSPS) is 18.8. The molecular weight excluding hydrogens is 486 g/mol. The first-order chi connectivity index (χ1) is 16.6. The average molecular weight is 522 g/mol. The Balaban J connectivity index is 1.63. The van der Waals surface area contributed by atoms with Crippen LogP contribution in [0, 0.1) is 0 Å². The summed E-state index contributed by atoms with van der Waals surface area (Å²) in [5, 5.41) is 0. The number of nitrogens with one attached hydrogen (secondary N) is 1. The fourth-order valence-corrected chi connectivity index (χ4v) is 7.59. The monoisotopic (exact) mass is 521 g/mol. The Kier molecular flexibility index (Phi) is 7.87. The summed E-state index contributed by atoms with van der Waals surface area (Å²) < 4.78 is 61.7. The van der Waals surface area contributed by atoms with Crippen LogP contribution in [0.2, 0.25) is 0 Å². The van der Waals surface area contributed by atoms with Crippen LogP contribution < -0.4 is 9.62 Å². The quantitative estimate of drug-likeness (QED) is 0.599. The van der Waals surface area contributed by atoms with Gasteiger partial charge in [0, 0.05) is 51.1 Å². The Morgan fingerprint density at radius 1 is 0.886 bits per heavy atom. The number of sulfone groups is 1. The Morgan fingerprint density at radius 2 is 1.49 bits per heavy atom. The SMILES string of the molecule is CC(C)c1ccc(S(=O)(=O)c2ccc(N3CCN(C)CC3)cc2)cc1S(=O)(=O)NC1CCOCC1. The van der Waals surface area contributed by atoms with Crippen LogP contribution in [0.3, 0.4) is 0 Å². The number of likely N-dealkylation sites (N-methyl/N-ethyl adjacent to an activating group) is 1. The van der Waals surface area contributed by atoms with Crippen molar-refractivity contribution in [1.82, 2.24) is 9.62 Å². The van der Waals surface area contributed by atoms with Crippen LogP contribution in [0.5, 0.6) is 0 Å². The first-order valence-corrected chi connectivity index (χ1v) is 15.1. The van der Waals surface area contributed by atoms with Crippen LogP contribution in [0.1, 0.15) is 38.2 Å². The van der Waals surface area contributed by atoms with E-state index in [2.05, 4.69) is 21.6 Å². The number of rotatable bonds is 7. The number of benzene rings is 2. The summed E-state index contributed by atoms with van der Waals surface area (Å²) >= 11 is 0. The third kappa shape index (κ3) is 5.89. The summed E-state index contributed by atoms with van der Waals surface area (Å²) in [4.78, 5) is 4.64. The Bertz CT molecular complexity index is 1230. The van der Waals surface area contributed by atoms with E-state index in [1.54, 1.807) is 18.2 Å². The molecular formula is C25H35N3O5S2. The van der Waals surface area contributed by atoms with E-state index in [9.17, 15) is 16.8 Å². The van der Waals surface area contributed by atoms with E-state index in [0.29, 0.717) is 31.6 Å². The van der Waals surface area contributed by atoms with E-state index < -0.39 is 19.9 Å². The zero-order valence-corrected chi connectivity index (χ0v) is 22.2. The number of sulfonamides is 1. The summed E-state index contributed by atoms with van der Waals surface area (Å²) in [5.74, 6) is -0.0871. The molecule has 0 saturated carbocycles. The summed E-state index contributed by atoms with van der Waals surface area (Å²) in [5.41, 5.74) is 1.57. The van der Waals surface area contributed by atoms with Crippen molar-refractivity contribution in [3.8, 4) is 0 Å². The molecule has 4 rings (SSSR count). The van der Waals surface area contributed by atoms with Crippen LogP contribution in [-0.4, -0.2) is 74.2 Å². The predicted molar refractivity (Wildman–Crippen MR) is 136 cm³/mol. The lowest BCUT2D eigenvalue weighted by molar-refractivity contribution is 0.0832. The first kappa shape index (κ1) is 26.1. The zero-order chi connectivity index (χ0) is 25.2. The molecule has 0 aromatic heterocycles. The van der Waals surface area contributed by atoms with Crippen LogP contribution in [-0.2, 0) is 24.6 Å². The predicted octanol–water partition coefficient (Wildman–Crippen LogP) is 2.85. The van der Waals surface area contributed by atoms with Crippen LogP contribution in [0.25, 0.3) is 0 Å². The van der Waals surface area contributed by atoms with Crippen LogP contribution >= 0.6 is 0 Å². The number of hydrogen-bond donors (Lipinski definition) is 1. The van der Waals surface area contributed by atoms with Gasteiger partial charge in [-0.3, -0.25) is 0 Å². The maximum atomic E-state index is 13.5. The van der Waals surface area contributed by atoms with Crippen molar-refractivity contribution in [3.63, 3.8) is 0 Å². The largest absolute Gasteiger partial charge is 0.381 e. The van der Waals surface area contributed by atoms with Gasteiger partial charge in [0.1, 0.15) is 0 Å². The van der Waals surface area contributed by atoms with Gasteiger partial charge in [0.05, 0.1) is 14.7 Å². The smallest absolute Gasteiger partial charge is 0.241 e. The molecule has 0 unspecified atom stereocenters. The second kappa shape index (κ2) is 10.6. The third-order valence-electron chi connectivity index (χ3n) is 6.77. The molecule has 192 valence electrons. The minimum absolute atomic E-state index is 0.0223. The number of piperazine rings is 1. The fourth-order valence-electron chi connectivity index (χ4n) is 4.53. The molecule has 0 aliphatic carbocycles. The molecule has 2 aliphatic heterocycles. The summed E-state index contributed by atoms with van der Waals surface area (Å²) in [6.07, 6.45) is 1.18. The van der Waals surface area contributed by atoms with Crippen molar-refractivity contribution in [2.45, 2.75) is 53.3 Å². The van der Waals surface area contributed by atoms with Crippen LogP contribution in [0.4, 0.5) is 5.69 Å². The second-order valence-corrected chi connectivity index (χ2v) is 13.3. The highest BCUT2D eigenvalue weighted by atomic mass is 32.2. The molecule has 2 fully saturated rings. The van der Waals surface area contributed by atoms with Gasteiger partial charge in [-0.25, -0.2) is 21.6 Å². The molecule has 2 heterocycles. The molecule has 10 heteroatoms. The van der Waals surface area contributed by atoms with Crippen molar-refractivity contribution < 1.29 is 21.6 Å². The maximum absolute atomic E-state index is 13.5. The first-order valence-electron chi connectivity index (χ1n) is 12.1. The Labute approximate surface area is 209 Å². The minimum atomic E-state index is -3.91. The molecule has 0 radical (unpaired) electrons. The molecule has 1 N–H and O–H groups in total. The average Bonchev–Trinajstić information content (AvgIpc) is 2.84. The standard InChI is InChI=1S/C25H35N3O5S2/c1-19(2)24-9-8-23(18-25(24)35(31,32)26-20-10-16-33-17-11-20)34(29,30)22-6-4-21(5-7-22)28-14-12-27(3)13-15-28/h4-9,18-20,26H,10-17H2,1-3H3. The Morgan fingerprint density at radius 3 is 2.09 bits per heavy atom. The van der Waals surface area contributed by atoms with Gasteiger partial charge in [-0.05, 0) is 67.8 Å². The molecule has 2 aliphatic rings. The van der Waals surface area contributed by atoms with Gasteiger partial charge in [0.25, 0.3) is 0 Å². The molecule has 2 aromatic rings. The summed E-state index contributed by atoms with van der Waals surface area (Å²) in [6.45, 7) is 8.50. The highest BCUT2D eigenvalue weighted by molar-refractivity contribution is 7.91. The maximum Gasteiger partial charge on any atom is 0.241 e. The van der Waals surface area contributed by atoms with Gasteiger partial charge in [0.2, 0.25) is 19.9 Å². The molecule has 35 heavy (non-hydrogen) atoms. The van der Waals surface area contributed by atoms with E-state index in [0.717, 1.165) is 31.9 Å². The van der Waals surface area contributed by atoms with E-state index >= 15 is 0 Å². The lowest BCUT2D eigenvalue weighted by atomic mass is 10.0. The minimum Gasteiger partial charge on any atom is -0.381 e. The fraction of sp³-hybridized carbons (Fsp3) is 0.520. The molecule has 0 atom stereocenters. The second-order valence-electron chi connectivity index (χ2n) is 9.65. The third-order valence-corrected chi connectivity index (χ3v) is 10.1. The van der Waals surface area contributed by atoms with Gasteiger partial charge in [-0.1, -0.05) is 19.9 Å². The van der Waals surface area contributed by atoms with Crippen molar-refractivity contribution in [2.24, 2.45) is 0 Å². The van der Waals surface area contributed by atoms with Gasteiger partial charge in [-0.2, -0.15) is 0 Å². The van der Waals surface area contributed by atoms with Gasteiger partial charge in [-0.15, -0.1) is 0 Å². The molecule has 8 nitrogen and oxygen atoms in total. The lowest BCUT2D eigenvalue weighted by Crippen LogP contribution is -2.44. The molecule has 0 spiro atoms. The van der Waals surface area contributed by atoms with E-state index in [4.69, 9.17) is 4.74 Å². The van der Waals surface area contributed by atoms with E-state index in [-0.39, 0.29) is 26.6 Å². The number of hydrogen-bond acceptors (Lipinski definition) is 7. The molecule has 0 amide bonds. The highest BCUT2D eigenvalue weighted by Crippen LogP contribution is 2.31. The molecule has 2 saturated heterocycles. The van der Waals surface area contributed by atoms with E-state index in [1.165, 1.54) is 12.1 Å². The van der Waals surface area contributed by atoms with Gasteiger partial charge >= 0.3 is 0 Å². The van der Waals surface area contributed by atoms with Crippen LogP contribution in [0.15, 0.2) is 57.2 Å². The number of ether oxygens (including phenoxy) is 1. The van der Waals surface area contributed by atoms with Crippen molar-refractivity contribution >= 4 is 25.5 Å². The zero-order valence-electron chi connectivity index (χ0n) is 20.6. The lowest BCUT2D eigenvalue weighted by Gasteiger charge is -2.34. The molecule has 0 bridgehead atoms. The molecule has 2 aromatic carbocycles. The summed E-state index contributed by atoms with van der Waals surface area (Å²) in [7, 11) is -5.71. The summed E-state index contributed by atoms with van der Waals surface area (Å²) in [6, 6.07) is 11.1. The Hall–Kier alpha value is -1.98. The number of nitrogens with zero attached hydrogens (tertiary/aromatic N) is 2. The highest BCUT2D eigenvalue weighted by Gasteiger charge is 2.28. The van der Waals surface area contributed by atoms with Crippen molar-refractivity contribution in [3.05, 3.63) is 48.0 Å². The van der Waals surface area contributed by atoms with Gasteiger partial charge < -0.3 is 14.5 Å². The number of anilines is 1. The van der Waals surface area contributed by atoms with Crippen molar-refractivity contribution in [1.29, 1.82) is 0 Å². The van der Waals surface area contributed by atoms with E-state index in [1.807, 2.05) is 26.0 Å².